The Hall–Kier alpha value is -2.62. The predicted octanol–water partition coefficient (Wildman–Crippen LogP) is 3.60. The molecule has 8 nitrogen and oxygen atoms in total. The Bertz CT molecular complexity index is 988. The highest BCUT2D eigenvalue weighted by molar-refractivity contribution is 7.17. The highest BCUT2D eigenvalue weighted by Gasteiger charge is 2.23. The van der Waals surface area contributed by atoms with Gasteiger partial charge in [-0.2, -0.15) is 0 Å². The van der Waals surface area contributed by atoms with Gasteiger partial charge in [-0.3, -0.25) is 9.59 Å². The molecule has 172 valence electrons. The van der Waals surface area contributed by atoms with Crippen molar-refractivity contribution < 1.29 is 19.1 Å². The lowest BCUT2D eigenvalue weighted by molar-refractivity contribution is -0.117. The molecule has 2 aromatic rings. The quantitative estimate of drug-likeness (QED) is 0.662. The summed E-state index contributed by atoms with van der Waals surface area (Å²) < 4.78 is 5.60. The van der Waals surface area contributed by atoms with Crippen molar-refractivity contribution in [1.82, 2.24) is 15.1 Å². The van der Waals surface area contributed by atoms with Gasteiger partial charge in [0.1, 0.15) is 6.04 Å². The Labute approximate surface area is 196 Å². The van der Waals surface area contributed by atoms with Gasteiger partial charge in [0.25, 0.3) is 5.91 Å². The molecule has 0 aliphatic carbocycles. The minimum atomic E-state index is -0.825. The number of piperazine rings is 1. The average Bonchev–Trinajstić information content (AvgIpc) is 3.17. The molecule has 0 spiro atoms. The highest BCUT2D eigenvalue weighted by atomic mass is 35.5. The van der Waals surface area contributed by atoms with Crippen LogP contribution in [0.1, 0.15) is 29.8 Å². The Kier molecular flexibility index (Phi) is 8.11. The van der Waals surface area contributed by atoms with Crippen LogP contribution in [0.4, 0.5) is 10.5 Å². The molecular formula is C22H27ClN4O4S. The van der Waals surface area contributed by atoms with Crippen LogP contribution in [0.15, 0.2) is 30.3 Å². The van der Waals surface area contributed by atoms with E-state index < -0.39 is 18.0 Å². The number of hydrogen-bond donors (Lipinski definition) is 2. The van der Waals surface area contributed by atoms with Crippen molar-refractivity contribution >= 4 is 46.5 Å². The second kappa shape index (κ2) is 10.8. The lowest BCUT2D eigenvalue weighted by atomic mass is 10.1. The number of amides is 3. The zero-order valence-electron chi connectivity index (χ0n) is 18.3. The molecule has 1 aromatic heterocycles. The third kappa shape index (κ3) is 6.21. The number of nitrogens with zero attached hydrogens (tertiary/aromatic N) is 2. The Balaban J connectivity index is 1.54. The van der Waals surface area contributed by atoms with Gasteiger partial charge < -0.3 is 25.2 Å². The number of likely N-dealkylation sites (N-methyl/N-ethyl adjacent to an activating group) is 1. The molecule has 1 unspecified atom stereocenters. The summed E-state index contributed by atoms with van der Waals surface area (Å²) in [6.45, 7) is 9.68. The van der Waals surface area contributed by atoms with Crippen molar-refractivity contribution in [3.05, 3.63) is 45.8 Å². The van der Waals surface area contributed by atoms with Crippen LogP contribution in [0.2, 0.25) is 4.34 Å². The first-order valence-corrected chi connectivity index (χ1v) is 11.6. The molecule has 1 atom stereocenters. The van der Waals surface area contributed by atoms with Gasteiger partial charge in [-0.05, 0) is 56.3 Å². The van der Waals surface area contributed by atoms with Gasteiger partial charge in [0.05, 0.1) is 4.34 Å². The molecule has 3 rings (SSSR count). The number of benzene rings is 1. The molecule has 10 heteroatoms. The van der Waals surface area contributed by atoms with Crippen LogP contribution in [-0.4, -0.2) is 66.5 Å². The van der Waals surface area contributed by atoms with E-state index in [1.54, 1.807) is 37.3 Å². The van der Waals surface area contributed by atoms with Crippen LogP contribution >= 0.6 is 22.9 Å². The van der Waals surface area contributed by atoms with Crippen LogP contribution in [0.25, 0.3) is 0 Å². The van der Waals surface area contributed by atoms with Gasteiger partial charge in [0, 0.05) is 37.4 Å². The molecule has 1 aromatic carbocycles. The van der Waals surface area contributed by atoms with Crippen LogP contribution in [0, 0.1) is 6.92 Å². The Morgan fingerprint density at radius 1 is 1.16 bits per heavy atom. The van der Waals surface area contributed by atoms with E-state index in [-0.39, 0.29) is 5.91 Å². The standard InChI is InChI=1S/C22H27ClN4O4S/c1-4-26-9-11-27(12-10-26)21(29)17-6-5-16(13-14(17)2)25-20(28)15(3)24-22(30)31-19-8-7-18(23)32-19/h5-8,13,15H,4,9-12H2,1-3H3,(H,24,30)(H,25,28). The largest absolute Gasteiger partial charge is 0.414 e. The number of carbonyl (C=O) groups is 3. The summed E-state index contributed by atoms with van der Waals surface area (Å²) in [6, 6.07) is 7.55. The fraction of sp³-hybridized carbons (Fsp3) is 0.409. The number of carbonyl (C=O) groups excluding carboxylic acids is 3. The summed E-state index contributed by atoms with van der Waals surface area (Å²) in [5, 5.41) is 5.57. The Morgan fingerprint density at radius 2 is 1.88 bits per heavy atom. The Morgan fingerprint density at radius 3 is 2.47 bits per heavy atom. The summed E-state index contributed by atoms with van der Waals surface area (Å²) in [7, 11) is 0. The molecule has 0 saturated carbocycles. The molecule has 2 heterocycles. The zero-order valence-corrected chi connectivity index (χ0v) is 19.9. The minimum Gasteiger partial charge on any atom is -0.399 e. The first-order valence-electron chi connectivity index (χ1n) is 10.4. The molecule has 1 saturated heterocycles. The molecule has 1 fully saturated rings. The molecule has 0 bridgehead atoms. The number of nitrogens with one attached hydrogen (secondary N) is 2. The van der Waals surface area contributed by atoms with E-state index in [1.807, 2.05) is 11.8 Å². The van der Waals surface area contributed by atoms with Crippen molar-refractivity contribution in [2.75, 3.05) is 38.0 Å². The molecule has 32 heavy (non-hydrogen) atoms. The van der Waals surface area contributed by atoms with Gasteiger partial charge in [0.2, 0.25) is 5.91 Å². The van der Waals surface area contributed by atoms with E-state index in [1.165, 1.54) is 0 Å². The van der Waals surface area contributed by atoms with Crippen molar-refractivity contribution in [2.45, 2.75) is 26.8 Å². The van der Waals surface area contributed by atoms with Gasteiger partial charge in [0.15, 0.2) is 5.06 Å². The third-order valence-corrected chi connectivity index (χ3v) is 6.41. The second-order valence-corrected chi connectivity index (χ2v) is 9.24. The first-order chi connectivity index (χ1) is 15.3. The second-order valence-electron chi connectivity index (χ2n) is 7.56. The van der Waals surface area contributed by atoms with Crippen molar-refractivity contribution in [3.63, 3.8) is 0 Å². The topological polar surface area (TPSA) is 91.0 Å². The SMILES string of the molecule is CCN1CCN(C(=O)c2ccc(NC(=O)C(C)NC(=O)Oc3ccc(Cl)s3)cc2C)CC1. The van der Waals surface area contributed by atoms with Crippen molar-refractivity contribution in [2.24, 2.45) is 0 Å². The number of anilines is 1. The molecule has 3 amide bonds. The number of rotatable bonds is 6. The lowest BCUT2D eigenvalue weighted by Crippen LogP contribution is -2.48. The third-order valence-electron chi connectivity index (χ3n) is 5.30. The fourth-order valence-electron chi connectivity index (χ4n) is 3.39. The average molecular weight is 479 g/mol. The van der Waals surface area contributed by atoms with Crippen molar-refractivity contribution in [1.29, 1.82) is 0 Å². The maximum absolute atomic E-state index is 12.9. The number of hydrogen-bond acceptors (Lipinski definition) is 6. The smallest absolute Gasteiger partial charge is 0.399 e. The van der Waals surface area contributed by atoms with Crippen molar-refractivity contribution in [3.8, 4) is 5.06 Å². The summed E-state index contributed by atoms with van der Waals surface area (Å²) in [5.74, 6) is -0.400. The zero-order chi connectivity index (χ0) is 23.3. The fourth-order valence-corrected chi connectivity index (χ4v) is 4.26. The summed E-state index contributed by atoms with van der Waals surface area (Å²) in [6.07, 6.45) is -0.744. The number of thiophene rings is 1. The number of aryl methyl sites for hydroxylation is 1. The van der Waals surface area contributed by atoms with Crippen LogP contribution < -0.4 is 15.4 Å². The normalized spacial score (nSPS) is 15.2. The van der Waals surface area contributed by atoms with Crippen LogP contribution in [-0.2, 0) is 4.79 Å². The van der Waals surface area contributed by atoms with E-state index >= 15 is 0 Å². The monoisotopic (exact) mass is 478 g/mol. The lowest BCUT2D eigenvalue weighted by Gasteiger charge is -2.34. The van der Waals surface area contributed by atoms with E-state index in [0.717, 1.165) is 36.5 Å². The van der Waals surface area contributed by atoms with E-state index in [0.29, 0.717) is 33.7 Å². The van der Waals surface area contributed by atoms with E-state index in [2.05, 4.69) is 22.5 Å². The summed E-state index contributed by atoms with van der Waals surface area (Å²) in [4.78, 5) is 41.5. The maximum Gasteiger partial charge on any atom is 0.414 e. The molecule has 1 aliphatic heterocycles. The minimum absolute atomic E-state index is 0.00240. The molecular weight excluding hydrogens is 452 g/mol. The van der Waals surface area contributed by atoms with Crippen LogP contribution in [0.3, 0.4) is 0 Å². The maximum atomic E-state index is 12.9. The highest BCUT2D eigenvalue weighted by Crippen LogP contribution is 2.28. The first kappa shape index (κ1) is 24.0. The van der Waals surface area contributed by atoms with Crippen LogP contribution in [0.5, 0.6) is 5.06 Å². The molecule has 2 N–H and O–H groups in total. The van der Waals surface area contributed by atoms with Gasteiger partial charge in [-0.1, -0.05) is 29.9 Å². The number of ether oxygens (including phenoxy) is 1. The summed E-state index contributed by atoms with van der Waals surface area (Å²) >= 11 is 6.93. The van der Waals surface area contributed by atoms with Gasteiger partial charge in [-0.25, -0.2) is 4.79 Å². The predicted molar refractivity (Wildman–Crippen MR) is 126 cm³/mol. The number of halogens is 1. The van der Waals surface area contributed by atoms with Gasteiger partial charge >= 0.3 is 6.09 Å². The van der Waals surface area contributed by atoms with Gasteiger partial charge in [-0.15, -0.1) is 0 Å². The molecule has 1 aliphatic rings. The molecule has 0 radical (unpaired) electrons. The van der Waals surface area contributed by atoms with E-state index in [9.17, 15) is 14.4 Å². The van der Waals surface area contributed by atoms with E-state index in [4.69, 9.17) is 16.3 Å². The summed E-state index contributed by atoms with van der Waals surface area (Å²) in [5.41, 5.74) is 1.95.